The van der Waals surface area contributed by atoms with Crippen LogP contribution >= 0.6 is 23.1 Å². The fourth-order valence-corrected chi connectivity index (χ4v) is 7.51. The number of fused-ring (bicyclic) bond motifs is 1. The van der Waals surface area contributed by atoms with Crippen molar-refractivity contribution in [1.82, 2.24) is 39.8 Å². The summed E-state index contributed by atoms with van der Waals surface area (Å²) >= 11 is 3.57. The summed E-state index contributed by atoms with van der Waals surface area (Å²) in [6.07, 6.45) is 8.93. The van der Waals surface area contributed by atoms with Gasteiger partial charge in [0.25, 0.3) is 0 Å². The van der Waals surface area contributed by atoms with E-state index in [-0.39, 0.29) is 0 Å². The van der Waals surface area contributed by atoms with Crippen LogP contribution in [0.25, 0.3) is 22.3 Å². The van der Waals surface area contributed by atoms with E-state index >= 15 is 0 Å². The molecule has 0 atom stereocenters. The summed E-state index contributed by atoms with van der Waals surface area (Å²) in [6.45, 7) is 5.28. The van der Waals surface area contributed by atoms with Gasteiger partial charge in [-0.2, -0.15) is 4.98 Å². The molecule has 0 saturated carbocycles. The molecule has 4 heterocycles. The first-order valence-corrected chi connectivity index (χ1v) is 18.3. The number of ether oxygens (including phenoxy) is 1. The number of aryl methyl sites for hydroxylation is 1. The van der Waals surface area contributed by atoms with Gasteiger partial charge in [0.15, 0.2) is 0 Å². The van der Waals surface area contributed by atoms with Crippen molar-refractivity contribution in [3.63, 3.8) is 0 Å². The Bertz CT molecular complexity index is 1940. The van der Waals surface area contributed by atoms with Crippen LogP contribution in [0.1, 0.15) is 12.8 Å². The molecule has 0 unspecified atom stereocenters. The quantitative estimate of drug-likeness (QED) is 0.194. The second-order valence-electron chi connectivity index (χ2n) is 11.9. The van der Waals surface area contributed by atoms with Gasteiger partial charge >= 0.3 is 0 Å². The van der Waals surface area contributed by atoms with Crippen molar-refractivity contribution >= 4 is 68.2 Å². The van der Waals surface area contributed by atoms with E-state index in [1.165, 1.54) is 0 Å². The summed E-state index contributed by atoms with van der Waals surface area (Å²) < 4.78 is 21.7. The predicted octanol–water partition coefficient (Wildman–Crippen LogP) is 5.25. The van der Waals surface area contributed by atoms with E-state index in [4.69, 9.17) is 9.72 Å². The van der Waals surface area contributed by atoms with Crippen LogP contribution < -0.4 is 25.6 Å². The van der Waals surface area contributed by atoms with E-state index in [9.17, 15) is 4.57 Å². The second kappa shape index (κ2) is 12.9. The third kappa shape index (κ3) is 6.55. The topological polar surface area (TPSA) is 139 Å². The lowest BCUT2D eigenvalue weighted by Gasteiger charge is -2.37. The van der Waals surface area contributed by atoms with Gasteiger partial charge in [0.1, 0.15) is 29.9 Å². The number of benzene rings is 2. The fourth-order valence-electron chi connectivity index (χ4n) is 5.83. The van der Waals surface area contributed by atoms with Gasteiger partial charge < -0.3 is 29.7 Å². The number of nitrogens with zero attached hydrogens (tertiary/aromatic N) is 9. The lowest BCUT2D eigenvalue weighted by molar-refractivity contribution is 0.249. The molecule has 5 aromatic rings. The third-order valence-corrected chi connectivity index (χ3v) is 10.2. The van der Waals surface area contributed by atoms with Crippen LogP contribution in [0.2, 0.25) is 0 Å². The Balaban J connectivity index is 1.36. The highest BCUT2D eigenvalue weighted by atomic mass is 79.9. The van der Waals surface area contributed by atoms with Crippen molar-refractivity contribution in [1.29, 1.82) is 0 Å². The van der Waals surface area contributed by atoms with Gasteiger partial charge in [-0.15, -0.1) is 5.10 Å². The van der Waals surface area contributed by atoms with Crippen LogP contribution in [0.3, 0.4) is 0 Å². The van der Waals surface area contributed by atoms with Crippen LogP contribution in [0.4, 0.5) is 28.8 Å². The second-order valence-corrected chi connectivity index (χ2v) is 15.9. The molecule has 15 heteroatoms. The number of anilines is 5. The maximum absolute atomic E-state index is 13.4. The maximum Gasteiger partial charge on any atom is 0.229 e. The van der Waals surface area contributed by atoms with Crippen molar-refractivity contribution in [3.8, 4) is 17.0 Å². The lowest BCUT2D eigenvalue weighted by Crippen LogP contribution is -2.42. The Hall–Kier alpha value is -4.13. The predicted molar refractivity (Wildman–Crippen MR) is 187 cm³/mol. The minimum absolute atomic E-state index is 0.340. The van der Waals surface area contributed by atoms with E-state index < -0.39 is 7.14 Å². The molecule has 1 saturated heterocycles. The Morgan fingerprint density at radius 1 is 1.04 bits per heavy atom. The lowest BCUT2D eigenvalue weighted by atomic mass is 10.0. The van der Waals surface area contributed by atoms with E-state index in [0.717, 1.165) is 42.9 Å². The van der Waals surface area contributed by atoms with Crippen LogP contribution in [0.5, 0.6) is 5.75 Å². The number of rotatable bonds is 9. The zero-order valence-electron chi connectivity index (χ0n) is 26.7. The molecule has 1 aliphatic heterocycles. The van der Waals surface area contributed by atoms with Crippen molar-refractivity contribution in [2.75, 3.05) is 63.2 Å². The molecule has 0 aliphatic carbocycles. The first kappa shape index (κ1) is 31.8. The van der Waals surface area contributed by atoms with Gasteiger partial charge in [-0.05, 0) is 74.4 Å². The maximum atomic E-state index is 13.4. The Kier molecular flexibility index (Phi) is 8.95. The van der Waals surface area contributed by atoms with Gasteiger partial charge in [0.05, 0.1) is 45.7 Å². The summed E-state index contributed by atoms with van der Waals surface area (Å²) in [5, 5.41) is 16.0. The number of piperidine rings is 1. The summed E-state index contributed by atoms with van der Waals surface area (Å²) in [7, 11) is 5.02. The molecule has 2 aromatic carbocycles. The molecule has 0 spiro atoms. The highest BCUT2D eigenvalue weighted by Gasteiger charge is 2.26. The van der Waals surface area contributed by atoms with Crippen LogP contribution in [0, 0.1) is 0 Å². The average Bonchev–Trinajstić information content (AvgIpc) is 3.47. The number of halogens is 1. The van der Waals surface area contributed by atoms with Gasteiger partial charge in [0.2, 0.25) is 5.95 Å². The normalized spacial score (nSPS) is 14.2. The van der Waals surface area contributed by atoms with Gasteiger partial charge in [0, 0.05) is 56.4 Å². The molecule has 1 fully saturated rings. The molecule has 0 amide bonds. The van der Waals surface area contributed by atoms with Crippen molar-refractivity contribution in [2.45, 2.75) is 18.9 Å². The molecule has 6 rings (SSSR count). The van der Waals surface area contributed by atoms with E-state index in [2.05, 4.69) is 75.7 Å². The van der Waals surface area contributed by atoms with Crippen LogP contribution in [-0.4, -0.2) is 93.5 Å². The summed E-state index contributed by atoms with van der Waals surface area (Å²) in [6, 6.07) is 8.31. The molecular formula is C31H37BrN11O2P. The van der Waals surface area contributed by atoms with Gasteiger partial charge in [-0.3, -0.25) is 14.6 Å². The molecule has 1 aliphatic rings. The smallest absolute Gasteiger partial charge is 0.229 e. The number of nitrogens with one attached hydrogen (secondary N) is 2. The zero-order chi connectivity index (χ0) is 32.6. The monoisotopic (exact) mass is 705 g/mol. The average molecular weight is 707 g/mol. The zero-order valence-corrected chi connectivity index (χ0v) is 29.2. The molecule has 46 heavy (non-hydrogen) atoms. The van der Waals surface area contributed by atoms with Crippen LogP contribution in [0.15, 0.2) is 53.5 Å². The van der Waals surface area contributed by atoms with E-state index in [1.807, 2.05) is 37.5 Å². The minimum Gasteiger partial charge on any atom is -0.494 e. The van der Waals surface area contributed by atoms with Gasteiger partial charge in [-0.25, -0.2) is 4.98 Å². The minimum atomic E-state index is -2.76. The molecule has 2 N–H and O–H groups in total. The molecule has 0 radical (unpaired) electrons. The highest BCUT2D eigenvalue weighted by Crippen LogP contribution is 2.42. The number of hydrogen-bond donors (Lipinski definition) is 2. The SMILES string of the molecule is COc1cc(N2CCC(N(C)C)CC2)c(-c2cn(C)nn2)cc1Nc1ncc(Br)c(Nc2ccc3nccnc3c2P(C)(C)=O)n1. The molecule has 3 aromatic heterocycles. The summed E-state index contributed by atoms with van der Waals surface area (Å²) in [5.41, 5.74) is 5.30. The van der Waals surface area contributed by atoms with Crippen molar-refractivity contribution in [2.24, 2.45) is 7.05 Å². The third-order valence-electron chi connectivity index (χ3n) is 8.13. The van der Waals surface area contributed by atoms with Crippen molar-refractivity contribution in [3.05, 3.63) is 53.5 Å². The van der Waals surface area contributed by atoms with Gasteiger partial charge in [-0.1, -0.05) is 5.21 Å². The fraction of sp³-hybridized carbons (Fsp3) is 0.355. The number of methoxy groups -OCH3 is 1. The first-order chi connectivity index (χ1) is 22.0. The van der Waals surface area contributed by atoms with E-state index in [0.29, 0.717) is 55.7 Å². The standard InChI is InChI=1S/C31H37BrN11O2P/c1-41(2)19-9-13-43(14-10-19)26-16-27(45-4)24(15-20(26)25-18-42(3)40-39-25)37-31-35-17-21(32)30(38-31)36-23-8-7-22-28(34-12-11-33-22)29(23)46(5,6)44/h7-8,11-12,15-19H,9-10,13-14H2,1-6H3,(H2,35,36,37,38). The highest BCUT2D eigenvalue weighted by molar-refractivity contribution is 9.10. The molecule has 240 valence electrons. The molecule has 0 bridgehead atoms. The molecule has 13 nitrogen and oxygen atoms in total. The number of aromatic nitrogens is 7. The van der Waals surface area contributed by atoms with Crippen molar-refractivity contribution < 1.29 is 9.30 Å². The molecular weight excluding hydrogens is 669 g/mol. The Morgan fingerprint density at radius 2 is 1.80 bits per heavy atom. The Morgan fingerprint density at radius 3 is 2.48 bits per heavy atom. The summed E-state index contributed by atoms with van der Waals surface area (Å²) in [4.78, 5) is 22.9. The largest absolute Gasteiger partial charge is 0.494 e. The van der Waals surface area contributed by atoms with Crippen LogP contribution in [-0.2, 0) is 11.6 Å². The summed E-state index contributed by atoms with van der Waals surface area (Å²) in [5.74, 6) is 1.47. The number of hydrogen-bond acceptors (Lipinski definition) is 12. The first-order valence-electron chi connectivity index (χ1n) is 14.9. The Labute approximate surface area is 276 Å². The van der Waals surface area contributed by atoms with E-state index in [1.54, 1.807) is 43.7 Å².